The summed E-state index contributed by atoms with van der Waals surface area (Å²) in [6.45, 7) is 4.10. The van der Waals surface area contributed by atoms with E-state index in [0.717, 1.165) is 29.8 Å². The Morgan fingerprint density at radius 3 is 3.04 bits per heavy atom. The molecular formula is C18H23FN4O2. The first-order valence-electron chi connectivity index (χ1n) is 8.48. The van der Waals surface area contributed by atoms with E-state index in [2.05, 4.69) is 15.5 Å². The minimum atomic E-state index is -0.546. The van der Waals surface area contributed by atoms with Crippen LogP contribution in [0.25, 0.3) is 0 Å². The standard InChI is InChI=1S/C18H23FN4O2/c1-12-17(13(2)22-21-12)16-7-4-9-23(16)18(24)20-14-5-3-6-15(11-14)25-10-8-19/h3,5-6,11,16H,4,7-10H2,1-2H3,(H,20,24)(H,21,22). The van der Waals surface area contributed by atoms with Gasteiger partial charge in [-0.3, -0.25) is 5.10 Å². The molecule has 0 spiro atoms. The van der Waals surface area contributed by atoms with E-state index in [9.17, 15) is 9.18 Å². The number of aryl methyl sites for hydroxylation is 2. The second-order valence-electron chi connectivity index (χ2n) is 6.19. The van der Waals surface area contributed by atoms with Crippen LogP contribution in [-0.2, 0) is 0 Å². The Hall–Kier alpha value is -2.57. The highest BCUT2D eigenvalue weighted by Crippen LogP contribution is 2.35. The number of H-pyrrole nitrogens is 1. The van der Waals surface area contributed by atoms with Crippen LogP contribution in [0.2, 0.25) is 0 Å². The molecular weight excluding hydrogens is 323 g/mol. The molecule has 2 aromatic rings. The summed E-state index contributed by atoms with van der Waals surface area (Å²) >= 11 is 0. The molecule has 2 N–H and O–H groups in total. The van der Waals surface area contributed by atoms with Gasteiger partial charge in [-0.05, 0) is 38.8 Å². The number of carbonyl (C=O) groups is 1. The van der Waals surface area contributed by atoms with Crippen molar-refractivity contribution >= 4 is 11.7 Å². The molecule has 1 fully saturated rings. The van der Waals surface area contributed by atoms with Crippen molar-refractivity contribution in [1.82, 2.24) is 15.1 Å². The number of likely N-dealkylation sites (tertiary alicyclic amines) is 1. The molecule has 1 unspecified atom stereocenters. The fraction of sp³-hybridized carbons (Fsp3) is 0.444. The molecule has 1 aromatic carbocycles. The van der Waals surface area contributed by atoms with Gasteiger partial charge in [0.05, 0.1) is 11.7 Å². The maximum absolute atomic E-state index is 12.8. The average Bonchev–Trinajstić information content (AvgIpc) is 3.19. The molecule has 0 aliphatic carbocycles. The zero-order chi connectivity index (χ0) is 17.8. The van der Waals surface area contributed by atoms with Crippen LogP contribution in [0.3, 0.4) is 0 Å². The fourth-order valence-corrected chi connectivity index (χ4v) is 3.38. The van der Waals surface area contributed by atoms with E-state index in [-0.39, 0.29) is 18.7 Å². The number of halogens is 1. The maximum atomic E-state index is 12.8. The van der Waals surface area contributed by atoms with Gasteiger partial charge in [-0.1, -0.05) is 6.07 Å². The van der Waals surface area contributed by atoms with Crippen molar-refractivity contribution in [3.8, 4) is 5.75 Å². The van der Waals surface area contributed by atoms with Gasteiger partial charge < -0.3 is 15.0 Å². The summed E-state index contributed by atoms with van der Waals surface area (Å²) in [6.07, 6.45) is 1.89. The number of rotatable bonds is 5. The monoisotopic (exact) mass is 346 g/mol. The first kappa shape index (κ1) is 17.3. The Morgan fingerprint density at radius 2 is 2.32 bits per heavy atom. The van der Waals surface area contributed by atoms with Crippen LogP contribution in [-0.4, -0.2) is 41.0 Å². The highest BCUT2D eigenvalue weighted by Gasteiger charge is 2.33. The van der Waals surface area contributed by atoms with E-state index in [1.165, 1.54) is 0 Å². The summed E-state index contributed by atoms with van der Waals surface area (Å²) in [5, 5.41) is 10.2. The molecule has 25 heavy (non-hydrogen) atoms. The zero-order valence-electron chi connectivity index (χ0n) is 14.5. The van der Waals surface area contributed by atoms with E-state index in [1.807, 2.05) is 18.7 Å². The van der Waals surface area contributed by atoms with Gasteiger partial charge in [0.1, 0.15) is 19.0 Å². The third-order valence-electron chi connectivity index (χ3n) is 4.46. The van der Waals surface area contributed by atoms with Crippen molar-refractivity contribution in [3.05, 3.63) is 41.2 Å². The molecule has 0 radical (unpaired) electrons. The minimum absolute atomic E-state index is 0.00461. The first-order chi connectivity index (χ1) is 12.1. The summed E-state index contributed by atoms with van der Waals surface area (Å²) in [5.74, 6) is 0.537. The number of amides is 2. The van der Waals surface area contributed by atoms with Crippen LogP contribution in [0.15, 0.2) is 24.3 Å². The summed E-state index contributed by atoms with van der Waals surface area (Å²) in [5.41, 5.74) is 3.67. The van der Waals surface area contributed by atoms with Crippen molar-refractivity contribution < 1.29 is 13.9 Å². The molecule has 1 aliphatic rings. The lowest BCUT2D eigenvalue weighted by atomic mass is 10.0. The lowest BCUT2D eigenvalue weighted by Gasteiger charge is -2.25. The number of aromatic nitrogens is 2. The summed E-state index contributed by atoms with van der Waals surface area (Å²) in [6, 6.07) is 6.89. The molecule has 134 valence electrons. The van der Waals surface area contributed by atoms with E-state index in [0.29, 0.717) is 18.0 Å². The summed E-state index contributed by atoms with van der Waals surface area (Å²) < 4.78 is 17.5. The molecule has 3 rings (SSSR count). The fourth-order valence-electron chi connectivity index (χ4n) is 3.38. The Balaban J connectivity index is 1.72. The normalized spacial score (nSPS) is 16.9. The number of hydrogen-bond acceptors (Lipinski definition) is 3. The number of ether oxygens (including phenoxy) is 1. The van der Waals surface area contributed by atoms with Crippen molar-refractivity contribution in [1.29, 1.82) is 0 Å². The first-order valence-corrected chi connectivity index (χ1v) is 8.48. The SMILES string of the molecule is Cc1n[nH]c(C)c1C1CCCN1C(=O)Nc1cccc(OCCF)c1. The molecule has 2 amide bonds. The van der Waals surface area contributed by atoms with Crippen LogP contribution >= 0.6 is 0 Å². The predicted molar refractivity (Wildman–Crippen MR) is 93.7 cm³/mol. The highest BCUT2D eigenvalue weighted by molar-refractivity contribution is 5.90. The lowest BCUT2D eigenvalue weighted by Crippen LogP contribution is -2.34. The second kappa shape index (κ2) is 7.55. The topological polar surface area (TPSA) is 70.2 Å². The number of carbonyl (C=O) groups excluding carboxylic acids is 1. The molecule has 7 heteroatoms. The Labute approximate surface area is 146 Å². The largest absolute Gasteiger partial charge is 0.491 e. The van der Waals surface area contributed by atoms with Gasteiger partial charge >= 0.3 is 6.03 Å². The molecule has 1 saturated heterocycles. The lowest BCUT2D eigenvalue weighted by molar-refractivity contribution is 0.207. The van der Waals surface area contributed by atoms with Gasteiger partial charge in [-0.25, -0.2) is 9.18 Å². The van der Waals surface area contributed by atoms with Crippen molar-refractivity contribution in [2.75, 3.05) is 25.1 Å². The van der Waals surface area contributed by atoms with Crippen LogP contribution in [0.4, 0.5) is 14.9 Å². The molecule has 6 nitrogen and oxygen atoms in total. The van der Waals surface area contributed by atoms with Gasteiger partial charge in [0, 0.05) is 29.6 Å². The summed E-state index contributed by atoms with van der Waals surface area (Å²) in [7, 11) is 0. The van der Waals surface area contributed by atoms with Gasteiger partial charge in [-0.2, -0.15) is 5.10 Å². The number of aromatic amines is 1. The molecule has 1 atom stereocenters. The van der Waals surface area contributed by atoms with E-state index >= 15 is 0 Å². The van der Waals surface area contributed by atoms with Gasteiger partial charge in [0.15, 0.2) is 0 Å². The van der Waals surface area contributed by atoms with Crippen LogP contribution < -0.4 is 10.1 Å². The molecule has 2 heterocycles. The quantitative estimate of drug-likeness (QED) is 0.866. The van der Waals surface area contributed by atoms with Gasteiger partial charge in [0.2, 0.25) is 0 Å². The van der Waals surface area contributed by atoms with E-state index in [1.54, 1.807) is 24.3 Å². The molecule has 1 aromatic heterocycles. The van der Waals surface area contributed by atoms with Crippen LogP contribution in [0.5, 0.6) is 5.75 Å². The highest BCUT2D eigenvalue weighted by atomic mass is 19.1. The minimum Gasteiger partial charge on any atom is -0.491 e. The van der Waals surface area contributed by atoms with Crippen molar-refractivity contribution in [3.63, 3.8) is 0 Å². The van der Waals surface area contributed by atoms with Gasteiger partial charge in [0.25, 0.3) is 0 Å². The zero-order valence-corrected chi connectivity index (χ0v) is 14.5. The molecule has 0 bridgehead atoms. The van der Waals surface area contributed by atoms with Crippen molar-refractivity contribution in [2.24, 2.45) is 0 Å². The van der Waals surface area contributed by atoms with E-state index < -0.39 is 6.67 Å². The van der Waals surface area contributed by atoms with E-state index in [4.69, 9.17) is 4.74 Å². The molecule has 1 aliphatic heterocycles. The second-order valence-corrected chi connectivity index (χ2v) is 6.19. The Kier molecular flexibility index (Phi) is 5.21. The number of nitrogens with one attached hydrogen (secondary N) is 2. The van der Waals surface area contributed by atoms with Crippen molar-refractivity contribution in [2.45, 2.75) is 32.7 Å². The summed E-state index contributed by atoms with van der Waals surface area (Å²) in [4.78, 5) is 14.6. The number of hydrogen-bond donors (Lipinski definition) is 2. The number of anilines is 1. The number of nitrogens with zero attached hydrogens (tertiary/aromatic N) is 2. The number of urea groups is 1. The van der Waals surface area contributed by atoms with Crippen LogP contribution in [0, 0.1) is 13.8 Å². The smallest absolute Gasteiger partial charge is 0.322 e. The number of alkyl halides is 1. The third kappa shape index (κ3) is 3.75. The predicted octanol–water partition coefficient (Wildman–Crippen LogP) is 3.74. The average molecular weight is 346 g/mol. The third-order valence-corrected chi connectivity index (χ3v) is 4.46. The van der Waals surface area contributed by atoms with Gasteiger partial charge in [-0.15, -0.1) is 0 Å². The Bertz CT molecular complexity index is 727. The molecule has 0 saturated carbocycles. The Morgan fingerprint density at radius 1 is 1.48 bits per heavy atom. The number of benzene rings is 1. The van der Waals surface area contributed by atoms with Crippen LogP contribution in [0.1, 0.15) is 35.8 Å². The maximum Gasteiger partial charge on any atom is 0.322 e.